The zero-order valence-electron chi connectivity index (χ0n) is 14.0. The molecule has 1 amide bonds. The Morgan fingerprint density at radius 2 is 2.08 bits per heavy atom. The summed E-state index contributed by atoms with van der Waals surface area (Å²) in [4.78, 5) is 27.8. The molecule has 5 heteroatoms. The van der Waals surface area contributed by atoms with Gasteiger partial charge < -0.3 is 10.4 Å². The summed E-state index contributed by atoms with van der Waals surface area (Å²) in [6.07, 6.45) is 4.28. The third-order valence-electron chi connectivity index (χ3n) is 5.68. The molecular formula is C20H20N2O3. The van der Waals surface area contributed by atoms with Crippen molar-refractivity contribution in [2.45, 2.75) is 31.6 Å². The fourth-order valence-electron chi connectivity index (χ4n) is 4.68. The molecule has 4 rings (SSSR count). The molecule has 128 valence electrons. The van der Waals surface area contributed by atoms with Crippen molar-refractivity contribution in [3.05, 3.63) is 59.3 Å². The number of anilines is 1. The summed E-state index contributed by atoms with van der Waals surface area (Å²) < 4.78 is 0. The van der Waals surface area contributed by atoms with Gasteiger partial charge in [-0.2, -0.15) is 0 Å². The molecule has 2 N–H and O–H groups in total. The largest absolute Gasteiger partial charge is 0.478 e. The van der Waals surface area contributed by atoms with Crippen molar-refractivity contribution in [2.75, 3.05) is 5.32 Å². The van der Waals surface area contributed by atoms with Crippen LogP contribution in [-0.4, -0.2) is 22.0 Å². The number of aromatic carboxylic acids is 1. The number of nitrogens with zero attached hydrogens (tertiary/aromatic N) is 1. The number of carbonyl (C=O) groups excluding carboxylic acids is 1. The zero-order chi connectivity index (χ0) is 17.6. The second-order valence-electron chi connectivity index (χ2n) is 6.96. The first kappa shape index (κ1) is 15.8. The molecule has 3 atom stereocenters. The van der Waals surface area contributed by atoms with Crippen LogP contribution in [-0.2, 0) is 16.6 Å². The van der Waals surface area contributed by atoms with Crippen LogP contribution in [0.2, 0.25) is 0 Å². The minimum atomic E-state index is -1.03. The molecule has 0 saturated heterocycles. The molecule has 1 aromatic carbocycles. The van der Waals surface area contributed by atoms with Gasteiger partial charge in [-0.1, -0.05) is 37.6 Å². The standard InChI is InChI=1S/C20H20N2O3/c1-2-9-20-14-6-4-3-5-12(14)10-15(20)17(20)18(23)22-16-8-7-13(11-21-16)19(24)25/h3-8,11,15,17H,2,9-10H2,1H3,(H,24,25)(H,21,22,23)/t15-,17+,20-/m1/s1. The lowest BCUT2D eigenvalue weighted by Gasteiger charge is -2.17. The number of carboxylic acids is 1. The van der Waals surface area contributed by atoms with Crippen LogP contribution in [0.4, 0.5) is 5.82 Å². The van der Waals surface area contributed by atoms with E-state index in [1.54, 1.807) is 6.07 Å². The lowest BCUT2D eigenvalue weighted by atomic mass is 9.88. The number of hydrogen-bond donors (Lipinski definition) is 2. The van der Waals surface area contributed by atoms with Gasteiger partial charge in [0.05, 0.1) is 11.5 Å². The van der Waals surface area contributed by atoms with Gasteiger partial charge in [0.15, 0.2) is 0 Å². The topological polar surface area (TPSA) is 79.3 Å². The number of nitrogens with one attached hydrogen (secondary N) is 1. The van der Waals surface area contributed by atoms with Gasteiger partial charge in [-0.25, -0.2) is 9.78 Å². The minimum Gasteiger partial charge on any atom is -0.478 e. The highest BCUT2D eigenvalue weighted by Crippen LogP contribution is 2.68. The molecular weight excluding hydrogens is 316 g/mol. The molecule has 2 aliphatic carbocycles. The summed E-state index contributed by atoms with van der Waals surface area (Å²) in [5.41, 5.74) is 2.78. The first-order valence-electron chi connectivity index (χ1n) is 8.66. The molecule has 1 fully saturated rings. The molecule has 0 aliphatic heterocycles. The van der Waals surface area contributed by atoms with Crippen LogP contribution in [0.15, 0.2) is 42.6 Å². The predicted molar refractivity (Wildman–Crippen MR) is 93.5 cm³/mol. The fraction of sp³-hybridized carbons (Fsp3) is 0.350. The van der Waals surface area contributed by atoms with Crippen molar-refractivity contribution in [1.29, 1.82) is 0 Å². The van der Waals surface area contributed by atoms with E-state index < -0.39 is 5.97 Å². The van der Waals surface area contributed by atoms with E-state index in [2.05, 4.69) is 41.5 Å². The van der Waals surface area contributed by atoms with Crippen molar-refractivity contribution in [3.63, 3.8) is 0 Å². The Morgan fingerprint density at radius 3 is 2.76 bits per heavy atom. The molecule has 0 bridgehead atoms. The Kier molecular flexibility index (Phi) is 3.60. The van der Waals surface area contributed by atoms with E-state index in [0.717, 1.165) is 19.3 Å². The van der Waals surface area contributed by atoms with Crippen molar-refractivity contribution < 1.29 is 14.7 Å². The van der Waals surface area contributed by atoms with Gasteiger partial charge in [0, 0.05) is 11.6 Å². The molecule has 1 heterocycles. The summed E-state index contributed by atoms with van der Waals surface area (Å²) >= 11 is 0. The normalized spacial score (nSPS) is 25.8. The number of pyridine rings is 1. The van der Waals surface area contributed by atoms with E-state index in [4.69, 9.17) is 5.11 Å². The van der Waals surface area contributed by atoms with Gasteiger partial charge in [0.2, 0.25) is 5.91 Å². The first-order chi connectivity index (χ1) is 12.1. The van der Waals surface area contributed by atoms with Gasteiger partial charge in [-0.05, 0) is 42.0 Å². The summed E-state index contributed by atoms with van der Waals surface area (Å²) in [6.45, 7) is 2.16. The Bertz CT molecular complexity index is 846. The monoisotopic (exact) mass is 336 g/mol. The molecule has 5 nitrogen and oxygen atoms in total. The number of benzene rings is 1. The first-order valence-corrected chi connectivity index (χ1v) is 8.66. The van der Waals surface area contributed by atoms with Gasteiger partial charge in [-0.3, -0.25) is 4.79 Å². The molecule has 2 aromatic rings. The maximum atomic E-state index is 12.8. The van der Waals surface area contributed by atoms with Gasteiger partial charge in [0.25, 0.3) is 0 Å². The van der Waals surface area contributed by atoms with Crippen LogP contribution in [0.25, 0.3) is 0 Å². The Balaban J connectivity index is 1.55. The zero-order valence-corrected chi connectivity index (χ0v) is 14.0. The van der Waals surface area contributed by atoms with Crippen LogP contribution in [0.3, 0.4) is 0 Å². The molecule has 2 aliphatic rings. The van der Waals surface area contributed by atoms with Crippen LogP contribution in [0.5, 0.6) is 0 Å². The number of fused-ring (bicyclic) bond motifs is 3. The molecule has 25 heavy (non-hydrogen) atoms. The van der Waals surface area contributed by atoms with Crippen molar-refractivity contribution in [2.24, 2.45) is 11.8 Å². The summed E-state index contributed by atoms with van der Waals surface area (Å²) in [5.74, 6) is -0.296. The predicted octanol–water partition coefficient (Wildman–Crippen LogP) is 3.26. The lowest BCUT2D eigenvalue weighted by molar-refractivity contribution is -0.118. The Labute approximate surface area is 146 Å². The lowest BCUT2D eigenvalue weighted by Crippen LogP contribution is -2.22. The van der Waals surface area contributed by atoms with Gasteiger partial charge in [-0.15, -0.1) is 0 Å². The number of hydrogen-bond acceptors (Lipinski definition) is 3. The fourth-order valence-corrected chi connectivity index (χ4v) is 4.68. The van der Waals surface area contributed by atoms with E-state index >= 15 is 0 Å². The van der Waals surface area contributed by atoms with Crippen LogP contribution in [0.1, 0.15) is 41.3 Å². The molecule has 1 aromatic heterocycles. The van der Waals surface area contributed by atoms with Crippen molar-refractivity contribution in [1.82, 2.24) is 4.98 Å². The summed E-state index contributed by atoms with van der Waals surface area (Å²) in [5, 5.41) is 11.8. The van der Waals surface area contributed by atoms with E-state index in [1.807, 2.05) is 0 Å². The van der Waals surface area contributed by atoms with Crippen LogP contribution >= 0.6 is 0 Å². The van der Waals surface area contributed by atoms with E-state index in [1.165, 1.54) is 23.4 Å². The van der Waals surface area contributed by atoms with Gasteiger partial charge >= 0.3 is 5.97 Å². The Hall–Kier alpha value is -2.69. The van der Waals surface area contributed by atoms with E-state index in [-0.39, 0.29) is 22.8 Å². The van der Waals surface area contributed by atoms with Crippen molar-refractivity contribution >= 4 is 17.7 Å². The van der Waals surface area contributed by atoms with E-state index in [0.29, 0.717) is 11.7 Å². The highest BCUT2D eigenvalue weighted by Gasteiger charge is 2.70. The summed E-state index contributed by atoms with van der Waals surface area (Å²) in [7, 11) is 0. The molecule has 0 spiro atoms. The third-order valence-corrected chi connectivity index (χ3v) is 5.68. The van der Waals surface area contributed by atoms with Crippen LogP contribution in [0, 0.1) is 11.8 Å². The Morgan fingerprint density at radius 1 is 1.28 bits per heavy atom. The van der Waals surface area contributed by atoms with Crippen molar-refractivity contribution in [3.8, 4) is 0 Å². The number of carbonyl (C=O) groups is 2. The van der Waals surface area contributed by atoms with Crippen LogP contribution < -0.4 is 5.32 Å². The highest BCUT2D eigenvalue weighted by atomic mass is 16.4. The average Bonchev–Trinajstić information content (AvgIpc) is 3.12. The smallest absolute Gasteiger partial charge is 0.337 e. The highest BCUT2D eigenvalue weighted by molar-refractivity contribution is 5.97. The molecule has 0 radical (unpaired) electrons. The second-order valence-corrected chi connectivity index (χ2v) is 6.96. The van der Waals surface area contributed by atoms with E-state index in [9.17, 15) is 9.59 Å². The number of carboxylic acid groups (broad SMARTS) is 1. The maximum Gasteiger partial charge on any atom is 0.337 e. The average molecular weight is 336 g/mol. The maximum absolute atomic E-state index is 12.8. The van der Waals surface area contributed by atoms with Gasteiger partial charge in [0.1, 0.15) is 5.82 Å². The third kappa shape index (κ3) is 2.34. The number of aromatic nitrogens is 1. The number of rotatable bonds is 5. The molecule has 0 unspecified atom stereocenters. The molecule has 1 saturated carbocycles. The number of amides is 1. The minimum absolute atomic E-state index is 0.0106. The summed E-state index contributed by atoms with van der Waals surface area (Å²) in [6, 6.07) is 11.4. The quantitative estimate of drug-likeness (QED) is 0.878. The second kappa shape index (κ2) is 5.69. The SMILES string of the molecule is CCC[C@@]12c3ccccc3C[C@@H]1[C@H]2C(=O)Nc1ccc(C(=O)O)cn1.